The van der Waals surface area contributed by atoms with Crippen LogP contribution in [0.15, 0.2) is 18.2 Å². The van der Waals surface area contributed by atoms with Crippen molar-refractivity contribution >= 4 is 7.60 Å². The lowest BCUT2D eigenvalue weighted by Gasteiger charge is -2.23. The van der Waals surface area contributed by atoms with Gasteiger partial charge in [0.05, 0.1) is 11.4 Å². The van der Waals surface area contributed by atoms with Crippen molar-refractivity contribution in [3.8, 4) is 0 Å². The second kappa shape index (κ2) is 7.26. The highest BCUT2D eigenvalue weighted by atomic mass is 31.2. The second-order valence-electron chi connectivity index (χ2n) is 4.90. The summed E-state index contributed by atoms with van der Waals surface area (Å²) in [6.07, 6.45) is -0.195. The van der Waals surface area contributed by atoms with Crippen LogP contribution in [-0.2, 0) is 17.7 Å². The molecule has 4 N–H and O–H groups in total. The molecule has 0 amide bonds. The summed E-state index contributed by atoms with van der Waals surface area (Å²) in [5.41, 5.74) is 1.96. The Morgan fingerprint density at radius 1 is 1.15 bits per heavy atom. The molecule has 1 aromatic heterocycles. The van der Waals surface area contributed by atoms with E-state index in [4.69, 9.17) is 9.79 Å². The second-order valence-corrected chi connectivity index (χ2v) is 6.51. The fourth-order valence-corrected chi connectivity index (χ4v) is 2.95. The van der Waals surface area contributed by atoms with Gasteiger partial charge in [-0.25, -0.2) is 0 Å². The Hall–Kier alpha value is -0.820. The monoisotopic (exact) mass is 300 g/mol. The number of fused-ring (bicyclic) bond motifs is 2. The van der Waals surface area contributed by atoms with Gasteiger partial charge in [-0.05, 0) is 12.1 Å². The molecule has 1 aromatic rings. The van der Waals surface area contributed by atoms with Crippen molar-refractivity contribution in [2.24, 2.45) is 0 Å². The number of hydrogen-bond donors (Lipinski definition) is 4. The first-order valence-corrected chi connectivity index (χ1v) is 8.46. The quantitative estimate of drug-likeness (QED) is 0.557. The highest BCUT2D eigenvalue weighted by Gasteiger charge is 2.18. The summed E-state index contributed by atoms with van der Waals surface area (Å²) in [5.74, 6) is 0. The van der Waals surface area contributed by atoms with Gasteiger partial charge in [-0.2, -0.15) is 0 Å². The van der Waals surface area contributed by atoms with Gasteiger partial charge in [0.15, 0.2) is 0 Å². The fourth-order valence-electron chi connectivity index (χ4n) is 2.15. The first-order chi connectivity index (χ1) is 9.53. The molecule has 1 aliphatic heterocycles. The number of pyridine rings is 1. The summed E-state index contributed by atoms with van der Waals surface area (Å²) in [6.45, 7) is 3.88. The maximum atomic E-state index is 11.1. The molecule has 0 radical (unpaired) electrons. The van der Waals surface area contributed by atoms with Gasteiger partial charge >= 0.3 is 7.60 Å². The minimum atomic E-state index is -4.01. The van der Waals surface area contributed by atoms with Gasteiger partial charge in [-0.15, -0.1) is 0 Å². The van der Waals surface area contributed by atoms with E-state index >= 15 is 0 Å². The molecule has 8 heteroatoms. The molecule has 2 heterocycles. The molecule has 0 saturated carbocycles. The fraction of sp³-hybridized carbons (Fsp3) is 0.583. The van der Waals surface area contributed by atoms with E-state index in [0.717, 1.165) is 11.4 Å². The number of nitrogens with one attached hydrogen (secondary N) is 2. The van der Waals surface area contributed by atoms with Crippen LogP contribution < -0.4 is 10.6 Å². The van der Waals surface area contributed by atoms with Crippen LogP contribution in [0.5, 0.6) is 0 Å². The third-order valence-electron chi connectivity index (χ3n) is 3.07. The van der Waals surface area contributed by atoms with Crippen LogP contribution >= 0.6 is 7.60 Å². The molecular formula is C12H21N4O3P. The summed E-state index contributed by atoms with van der Waals surface area (Å²) in [7, 11) is -4.01. The summed E-state index contributed by atoms with van der Waals surface area (Å²) < 4.78 is 11.1. The van der Waals surface area contributed by atoms with Crippen LogP contribution in [0.4, 0.5) is 0 Å². The summed E-state index contributed by atoms with van der Waals surface area (Å²) in [5, 5.41) is 6.50. The van der Waals surface area contributed by atoms with E-state index in [2.05, 4.69) is 15.6 Å². The van der Waals surface area contributed by atoms with Gasteiger partial charge in [0.25, 0.3) is 0 Å². The zero-order valence-corrected chi connectivity index (χ0v) is 12.2. The molecular weight excluding hydrogens is 279 g/mol. The number of nitrogens with zero attached hydrogens (tertiary/aromatic N) is 2. The number of aromatic nitrogens is 1. The minimum Gasteiger partial charge on any atom is -0.324 e. The van der Waals surface area contributed by atoms with Crippen molar-refractivity contribution in [1.82, 2.24) is 20.5 Å². The molecule has 112 valence electrons. The Balaban J connectivity index is 1.96. The van der Waals surface area contributed by atoms with Crippen LogP contribution in [0, 0.1) is 0 Å². The minimum absolute atomic E-state index is 0.195. The average Bonchev–Trinajstić information content (AvgIpc) is 2.37. The highest BCUT2D eigenvalue weighted by molar-refractivity contribution is 7.51. The van der Waals surface area contributed by atoms with E-state index in [1.165, 1.54) is 0 Å². The third kappa shape index (κ3) is 5.66. The number of hydrogen-bond acceptors (Lipinski definition) is 5. The van der Waals surface area contributed by atoms with Crippen LogP contribution in [0.1, 0.15) is 11.4 Å². The molecule has 0 aliphatic carbocycles. The molecule has 0 atom stereocenters. The topological polar surface area (TPSA) is 97.7 Å². The number of rotatable bonds is 2. The predicted molar refractivity (Wildman–Crippen MR) is 76.1 cm³/mol. The molecule has 2 rings (SSSR count). The van der Waals surface area contributed by atoms with Gasteiger partial charge in [0, 0.05) is 39.3 Å². The highest BCUT2D eigenvalue weighted by Crippen LogP contribution is 2.34. The average molecular weight is 300 g/mol. The molecule has 20 heavy (non-hydrogen) atoms. The van der Waals surface area contributed by atoms with E-state index in [9.17, 15) is 4.57 Å². The van der Waals surface area contributed by atoms with Crippen LogP contribution in [0.2, 0.25) is 0 Å². The summed E-state index contributed by atoms with van der Waals surface area (Å²) in [6, 6.07) is 5.93. The van der Waals surface area contributed by atoms with Crippen molar-refractivity contribution in [3.05, 3.63) is 29.6 Å². The maximum absolute atomic E-state index is 11.1. The van der Waals surface area contributed by atoms with E-state index in [-0.39, 0.29) is 6.29 Å². The largest absolute Gasteiger partial charge is 0.339 e. The Kier molecular flexibility index (Phi) is 5.65. The SMILES string of the molecule is O=P(O)(O)CN1CCNCc2cccc(n2)CNCC1. The first-order valence-electron chi connectivity index (χ1n) is 6.66. The molecule has 0 fully saturated rings. The third-order valence-corrected chi connectivity index (χ3v) is 3.84. The first kappa shape index (κ1) is 15.6. The van der Waals surface area contributed by atoms with Gasteiger partial charge in [0.2, 0.25) is 0 Å². The standard InChI is InChI=1S/C12H21N4O3P/c17-20(18,19)10-16-6-4-13-8-11-2-1-3-12(15-11)9-14-5-7-16/h1-3,13-14H,4-10H2,(H2,17,18,19). The predicted octanol–water partition coefficient (Wildman–Crippen LogP) is -0.288. The van der Waals surface area contributed by atoms with Gasteiger partial charge in [-0.1, -0.05) is 6.07 Å². The lowest BCUT2D eigenvalue weighted by Crippen LogP contribution is -2.38. The summed E-state index contributed by atoms with van der Waals surface area (Å²) in [4.78, 5) is 24.5. The van der Waals surface area contributed by atoms with Crippen molar-refractivity contribution in [2.45, 2.75) is 13.1 Å². The molecule has 7 nitrogen and oxygen atoms in total. The molecule has 0 spiro atoms. The normalized spacial score (nSPS) is 19.1. The Labute approximate surface area is 118 Å². The Morgan fingerprint density at radius 2 is 1.70 bits per heavy atom. The zero-order chi connectivity index (χ0) is 14.4. The van der Waals surface area contributed by atoms with Crippen molar-refractivity contribution < 1.29 is 14.4 Å². The molecule has 0 saturated heterocycles. The van der Waals surface area contributed by atoms with Crippen molar-refractivity contribution in [2.75, 3.05) is 32.5 Å². The smallest absolute Gasteiger partial charge is 0.324 e. The van der Waals surface area contributed by atoms with Crippen LogP contribution in [-0.4, -0.2) is 52.1 Å². The maximum Gasteiger partial charge on any atom is 0.339 e. The van der Waals surface area contributed by atoms with Gasteiger partial charge < -0.3 is 20.4 Å². The Morgan fingerprint density at radius 3 is 2.20 bits per heavy atom. The van der Waals surface area contributed by atoms with Gasteiger partial charge in [-0.3, -0.25) is 14.4 Å². The van der Waals surface area contributed by atoms with E-state index in [0.29, 0.717) is 39.3 Å². The lowest BCUT2D eigenvalue weighted by atomic mass is 10.3. The summed E-state index contributed by atoms with van der Waals surface area (Å²) >= 11 is 0. The molecule has 0 aromatic carbocycles. The zero-order valence-electron chi connectivity index (χ0n) is 11.3. The van der Waals surface area contributed by atoms with Crippen molar-refractivity contribution in [1.29, 1.82) is 0 Å². The molecule has 1 aliphatic rings. The lowest BCUT2D eigenvalue weighted by molar-refractivity contribution is 0.273. The van der Waals surface area contributed by atoms with E-state index in [1.807, 2.05) is 18.2 Å². The molecule has 2 bridgehead atoms. The van der Waals surface area contributed by atoms with Gasteiger partial charge in [0.1, 0.15) is 6.29 Å². The van der Waals surface area contributed by atoms with Crippen LogP contribution in [0.25, 0.3) is 0 Å². The van der Waals surface area contributed by atoms with E-state index in [1.54, 1.807) is 4.90 Å². The van der Waals surface area contributed by atoms with Crippen LogP contribution in [0.3, 0.4) is 0 Å². The Bertz CT molecular complexity index is 452. The van der Waals surface area contributed by atoms with E-state index < -0.39 is 7.60 Å². The van der Waals surface area contributed by atoms with Crippen molar-refractivity contribution in [3.63, 3.8) is 0 Å². The molecule has 0 unspecified atom stereocenters.